The van der Waals surface area contributed by atoms with Gasteiger partial charge in [0, 0.05) is 34.8 Å². The number of aromatic amines is 1. The second kappa shape index (κ2) is 4.29. The van der Waals surface area contributed by atoms with Gasteiger partial charge in [-0.1, -0.05) is 0 Å². The van der Waals surface area contributed by atoms with E-state index < -0.39 is 0 Å². The zero-order valence-corrected chi connectivity index (χ0v) is 10.3. The molecule has 0 amide bonds. The number of fused-ring (bicyclic) bond motifs is 1. The molecule has 0 aliphatic heterocycles. The van der Waals surface area contributed by atoms with E-state index >= 15 is 0 Å². The number of aromatic nitrogens is 5. The van der Waals surface area contributed by atoms with Gasteiger partial charge in [0.2, 0.25) is 5.82 Å². The second-order valence-corrected chi connectivity index (χ2v) is 4.23. The number of aryl methyl sites for hydroxylation is 1. The lowest BCUT2D eigenvalue weighted by atomic mass is 10.1. The van der Waals surface area contributed by atoms with Crippen molar-refractivity contribution < 1.29 is 0 Å². The molecule has 0 aliphatic carbocycles. The fraction of sp³-hybridized carbons (Fsp3) is 0.167. The van der Waals surface area contributed by atoms with E-state index in [0.29, 0.717) is 23.4 Å². The number of benzene rings is 1. The fourth-order valence-electron chi connectivity index (χ4n) is 1.95. The summed E-state index contributed by atoms with van der Waals surface area (Å²) in [5, 5.41) is 12.4. The number of nitrogens with two attached hydrogens (primary N) is 1. The van der Waals surface area contributed by atoms with Crippen molar-refractivity contribution in [3.05, 3.63) is 40.2 Å². The molecule has 0 saturated heterocycles. The van der Waals surface area contributed by atoms with Gasteiger partial charge in [-0.25, -0.2) is 0 Å². The van der Waals surface area contributed by atoms with Gasteiger partial charge in [-0.2, -0.15) is 4.80 Å². The molecule has 96 valence electrons. The first-order valence-electron chi connectivity index (χ1n) is 5.78. The first kappa shape index (κ1) is 11.5. The largest absolute Gasteiger partial charge is 0.357 e. The van der Waals surface area contributed by atoms with Crippen LogP contribution in [0, 0.1) is 0 Å². The molecule has 7 heteroatoms. The molecule has 19 heavy (non-hydrogen) atoms. The molecular weight excluding hydrogens is 244 g/mol. The third-order valence-corrected chi connectivity index (χ3v) is 2.87. The van der Waals surface area contributed by atoms with E-state index in [-0.39, 0.29) is 5.43 Å². The summed E-state index contributed by atoms with van der Waals surface area (Å²) in [6.07, 6.45) is 0. The second-order valence-electron chi connectivity index (χ2n) is 4.23. The SMILES string of the molecule is Cn1nnc(-c2ccc3[nH]c(CN)cc(=O)c3c2)n1. The maximum atomic E-state index is 12.0. The molecule has 0 radical (unpaired) electrons. The predicted octanol–water partition coefficient (Wildman–Crippen LogP) is 0.177. The van der Waals surface area contributed by atoms with Crippen molar-refractivity contribution in [1.82, 2.24) is 25.2 Å². The van der Waals surface area contributed by atoms with Crippen LogP contribution in [-0.4, -0.2) is 25.2 Å². The molecule has 3 aromatic rings. The number of nitrogens with one attached hydrogen (secondary N) is 1. The number of tetrazole rings is 1. The highest BCUT2D eigenvalue weighted by molar-refractivity contribution is 5.83. The van der Waals surface area contributed by atoms with Crippen LogP contribution in [0.5, 0.6) is 0 Å². The molecule has 3 rings (SSSR count). The first-order valence-corrected chi connectivity index (χ1v) is 5.78. The van der Waals surface area contributed by atoms with Gasteiger partial charge in [0.25, 0.3) is 0 Å². The van der Waals surface area contributed by atoms with E-state index in [2.05, 4.69) is 20.4 Å². The fourth-order valence-corrected chi connectivity index (χ4v) is 1.95. The molecule has 0 fully saturated rings. The van der Waals surface area contributed by atoms with Gasteiger partial charge in [0.1, 0.15) is 0 Å². The molecular formula is C12H12N6O. The van der Waals surface area contributed by atoms with E-state index in [9.17, 15) is 4.79 Å². The quantitative estimate of drug-likeness (QED) is 0.680. The van der Waals surface area contributed by atoms with Gasteiger partial charge >= 0.3 is 0 Å². The van der Waals surface area contributed by atoms with Crippen LogP contribution in [0.25, 0.3) is 22.3 Å². The Labute approximate surface area is 108 Å². The van der Waals surface area contributed by atoms with Crippen LogP contribution in [0.3, 0.4) is 0 Å². The molecule has 0 saturated carbocycles. The van der Waals surface area contributed by atoms with Crippen LogP contribution >= 0.6 is 0 Å². The minimum atomic E-state index is -0.0695. The van der Waals surface area contributed by atoms with Crippen LogP contribution in [0.15, 0.2) is 29.1 Å². The summed E-state index contributed by atoms with van der Waals surface area (Å²) in [6.45, 7) is 0.304. The molecule has 7 nitrogen and oxygen atoms in total. The topological polar surface area (TPSA) is 102 Å². The highest BCUT2D eigenvalue weighted by Gasteiger charge is 2.07. The lowest BCUT2D eigenvalue weighted by molar-refractivity contribution is 0.630. The van der Waals surface area contributed by atoms with E-state index in [1.54, 1.807) is 13.1 Å². The molecule has 0 aliphatic rings. The molecule has 3 N–H and O–H groups in total. The van der Waals surface area contributed by atoms with Gasteiger partial charge in [0.05, 0.1) is 7.05 Å². The van der Waals surface area contributed by atoms with Gasteiger partial charge in [0.15, 0.2) is 5.43 Å². The lowest BCUT2D eigenvalue weighted by Gasteiger charge is -2.03. The summed E-state index contributed by atoms with van der Waals surface area (Å²) in [6, 6.07) is 6.93. The van der Waals surface area contributed by atoms with Gasteiger partial charge in [-0.15, -0.1) is 10.2 Å². The van der Waals surface area contributed by atoms with Gasteiger partial charge < -0.3 is 10.7 Å². The zero-order valence-electron chi connectivity index (χ0n) is 10.3. The van der Waals surface area contributed by atoms with Crippen LogP contribution in [0.1, 0.15) is 5.69 Å². The van der Waals surface area contributed by atoms with Crippen molar-refractivity contribution >= 4 is 10.9 Å². The Bertz CT molecular complexity index is 803. The zero-order chi connectivity index (χ0) is 13.4. The summed E-state index contributed by atoms with van der Waals surface area (Å²) < 4.78 is 0. The van der Waals surface area contributed by atoms with Crippen molar-refractivity contribution in [3.63, 3.8) is 0 Å². The average molecular weight is 256 g/mol. The third kappa shape index (κ3) is 2.00. The summed E-state index contributed by atoms with van der Waals surface area (Å²) in [5.74, 6) is 0.492. The van der Waals surface area contributed by atoms with E-state index in [1.165, 1.54) is 10.9 Å². The number of pyridine rings is 1. The Morgan fingerprint density at radius 3 is 2.89 bits per heavy atom. The van der Waals surface area contributed by atoms with Crippen LogP contribution in [-0.2, 0) is 13.6 Å². The maximum absolute atomic E-state index is 12.0. The van der Waals surface area contributed by atoms with E-state index in [4.69, 9.17) is 5.73 Å². The number of hydrogen-bond donors (Lipinski definition) is 2. The number of nitrogens with zero attached hydrogens (tertiary/aromatic N) is 4. The Kier molecular flexibility index (Phi) is 2.60. The van der Waals surface area contributed by atoms with Gasteiger partial charge in [-0.05, 0) is 23.4 Å². The lowest BCUT2D eigenvalue weighted by Crippen LogP contribution is -2.08. The molecule has 2 aromatic heterocycles. The maximum Gasteiger partial charge on any atom is 0.204 e. The molecule has 0 bridgehead atoms. The molecule has 0 atom stereocenters. The smallest absolute Gasteiger partial charge is 0.204 e. The number of rotatable bonds is 2. The number of hydrogen-bond acceptors (Lipinski definition) is 5. The van der Waals surface area contributed by atoms with Crippen molar-refractivity contribution in [2.45, 2.75) is 6.54 Å². The summed E-state index contributed by atoms with van der Waals surface area (Å²) >= 11 is 0. The molecule has 1 aromatic carbocycles. The summed E-state index contributed by atoms with van der Waals surface area (Å²) in [4.78, 5) is 16.5. The molecule has 0 unspecified atom stereocenters. The van der Waals surface area contributed by atoms with Crippen molar-refractivity contribution in [3.8, 4) is 11.4 Å². The summed E-state index contributed by atoms with van der Waals surface area (Å²) in [5.41, 5.74) is 7.68. The Morgan fingerprint density at radius 2 is 2.21 bits per heavy atom. The van der Waals surface area contributed by atoms with Gasteiger partial charge in [-0.3, -0.25) is 4.79 Å². The highest BCUT2D eigenvalue weighted by Crippen LogP contribution is 2.18. The van der Waals surface area contributed by atoms with Crippen LogP contribution in [0.4, 0.5) is 0 Å². The standard InChI is InChI=1S/C12H12N6O/c1-18-16-12(15-17-18)7-2-3-10-9(4-7)11(19)5-8(6-13)14-10/h2-5H,6,13H2,1H3,(H,14,19). The highest BCUT2D eigenvalue weighted by atomic mass is 16.1. The average Bonchev–Trinajstić information content (AvgIpc) is 2.85. The normalized spacial score (nSPS) is 11.1. The van der Waals surface area contributed by atoms with Crippen molar-refractivity contribution in [1.29, 1.82) is 0 Å². The van der Waals surface area contributed by atoms with Crippen LogP contribution < -0.4 is 11.2 Å². The Balaban J connectivity index is 2.21. The molecule has 0 spiro atoms. The minimum absolute atomic E-state index is 0.0695. The Hall–Kier alpha value is -2.54. The summed E-state index contributed by atoms with van der Waals surface area (Å²) in [7, 11) is 1.69. The van der Waals surface area contributed by atoms with Crippen LogP contribution in [0.2, 0.25) is 0 Å². The third-order valence-electron chi connectivity index (χ3n) is 2.87. The molecule has 2 heterocycles. The monoisotopic (exact) mass is 256 g/mol. The minimum Gasteiger partial charge on any atom is -0.357 e. The Morgan fingerprint density at radius 1 is 1.37 bits per heavy atom. The predicted molar refractivity (Wildman–Crippen MR) is 70.3 cm³/mol. The van der Waals surface area contributed by atoms with E-state index in [0.717, 1.165) is 11.1 Å². The number of H-pyrrole nitrogens is 1. The van der Waals surface area contributed by atoms with Crippen molar-refractivity contribution in [2.75, 3.05) is 0 Å². The van der Waals surface area contributed by atoms with E-state index in [1.807, 2.05) is 12.1 Å². The van der Waals surface area contributed by atoms with Crippen molar-refractivity contribution in [2.24, 2.45) is 12.8 Å². The first-order chi connectivity index (χ1) is 9.17.